The Morgan fingerprint density at radius 2 is 2.17 bits per heavy atom. The summed E-state index contributed by atoms with van der Waals surface area (Å²) in [5.74, 6) is 1.47. The molecule has 2 aromatic rings. The molecule has 5 nitrogen and oxygen atoms in total. The first kappa shape index (κ1) is 12.9. The molecule has 0 atom stereocenters. The quantitative estimate of drug-likeness (QED) is 0.803. The number of nitrogens with one attached hydrogen (secondary N) is 1. The van der Waals surface area contributed by atoms with Crippen LogP contribution in [0.3, 0.4) is 0 Å². The summed E-state index contributed by atoms with van der Waals surface area (Å²) in [5, 5.41) is 12.7. The topological polar surface area (TPSA) is 67.3 Å². The summed E-state index contributed by atoms with van der Waals surface area (Å²) in [7, 11) is 1.63. The second kappa shape index (κ2) is 5.88. The molecule has 1 aromatic heterocycles. The molecule has 0 aliphatic heterocycles. The highest BCUT2D eigenvalue weighted by atomic mass is 32.2. The molecule has 6 heteroatoms. The van der Waals surface area contributed by atoms with Gasteiger partial charge >= 0.3 is 0 Å². The normalized spacial score (nSPS) is 10.6. The lowest BCUT2D eigenvalue weighted by Crippen LogP contribution is -2.09. The molecule has 18 heavy (non-hydrogen) atoms. The summed E-state index contributed by atoms with van der Waals surface area (Å²) in [6, 6.07) is 5.58. The molecule has 96 valence electrons. The zero-order valence-electron chi connectivity index (χ0n) is 10.3. The molecule has 1 heterocycles. The van der Waals surface area contributed by atoms with Crippen LogP contribution in [-0.4, -0.2) is 41.6 Å². The minimum absolute atomic E-state index is 0.0656. The molecule has 0 bridgehead atoms. The van der Waals surface area contributed by atoms with E-state index in [-0.39, 0.29) is 6.61 Å². The summed E-state index contributed by atoms with van der Waals surface area (Å²) in [6.45, 7) is 0.528. The Labute approximate surface area is 110 Å². The Bertz CT molecular complexity index is 548. The van der Waals surface area contributed by atoms with Crippen LogP contribution in [0.2, 0.25) is 0 Å². The third kappa shape index (κ3) is 2.65. The summed E-state index contributed by atoms with van der Waals surface area (Å²) in [4.78, 5) is 9.03. The van der Waals surface area contributed by atoms with Crippen molar-refractivity contribution in [2.24, 2.45) is 0 Å². The molecule has 0 radical (unpaired) electrons. The van der Waals surface area contributed by atoms with E-state index in [2.05, 4.69) is 15.3 Å². The predicted octanol–water partition coefficient (Wildman–Crippen LogP) is 1.76. The van der Waals surface area contributed by atoms with Crippen LogP contribution in [0.5, 0.6) is 5.75 Å². The van der Waals surface area contributed by atoms with Crippen molar-refractivity contribution in [3.63, 3.8) is 0 Å². The van der Waals surface area contributed by atoms with E-state index in [1.54, 1.807) is 7.11 Å². The van der Waals surface area contributed by atoms with Crippen LogP contribution in [-0.2, 0) is 0 Å². The lowest BCUT2D eigenvalue weighted by atomic mass is 10.3. The number of anilines is 1. The molecule has 1 aromatic carbocycles. The van der Waals surface area contributed by atoms with Crippen molar-refractivity contribution in [1.82, 2.24) is 9.97 Å². The molecular formula is C12H15N3O2S. The molecule has 0 saturated carbocycles. The minimum atomic E-state index is 0.0656. The molecule has 2 rings (SSSR count). The highest BCUT2D eigenvalue weighted by molar-refractivity contribution is 7.98. The van der Waals surface area contributed by atoms with Crippen LogP contribution in [0, 0.1) is 0 Å². The number of aliphatic hydroxyl groups excluding tert-OH is 1. The number of hydrogen-bond donors (Lipinski definition) is 2. The molecular weight excluding hydrogens is 250 g/mol. The number of aromatic nitrogens is 2. The average Bonchev–Trinajstić information content (AvgIpc) is 2.43. The van der Waals surface area contributed by atoms with Crippen molar-refractivity contribution < 1.29 is 9.84 Å². The van der Waals surface area contributed by atoms with E-state index in [0.717, 1.165) is 21.8 Å². The van der Waals surface area contributed by atoms with Crippen LogP contribution in [0.4, 0.5) is 5.82 Å². The molecule has 0 fully saturated rings. The van der Waals surface area contributed by atoms with Crippen LogP contribution < -0.4 is 10.1 Å². The summed E-state index contributed by atoms with van der Waals surface area (Å²) in [6.07, 6.45) is 1.94. The summed E-state index contributed by atoms with van der Waals surface area (Å²) in [5.41, 5.74) is 1.60. The Kier molecular flexibility index (Phi) is 4.22. The summed E-state index contributed by atoms with van der Waals surface area (Å²) >= 11 is 1.52. The first-order valence-corrected chi connectivity index (χ1v) is 6.75. The largest absolute Gasteiger partial charge is 0.497 e. The number of ether oxygens (including phenoxy) is 1. The van der Waals surface area contributed by atoms with E-state index in [4.69, 9.17) is 9.84 Å². The smallest absolute Gasteiger partial charge is 0.159 e. The molecule has 0 aliphatic rings. The van der Waals surface area contributed by atoms with Gasteiger partial charge < -0.3 is 15.2 Å². The van der Waals surface area contributed by atoms with Gasteiger partial charge in [-0.25, -0.2) is 9.97 Å². The van der Waals surface area contributed by atoms with Gasteiger partial charge in [0.1, 0.15) is 10.8 Å². The zero-order valence-corrected chi connectivity index (χ0v) is 11.1. The zero-order chi connectivity index (χ0) is 13.0. The van der Waals surface area contributed by atoms with Crippen molar-refractivity contribution in [3.8, 4) is 5.75 Å². The van der Waals surface area contributed by atoms with Crippen molar-refractivity contribution in [2.75, 3.05) is 31.8 Å². The van der Waals surface area contributed by atoms with Crippen molar-refractivity contribution in [1.29, 1.82) is 0 Å². The third-order valence-corrected chi connectivity index (χ3v) is 3.11. The molecule has 0 spiro atoms. The van der Waals surface area contributed by atoms with Gasteiger partial charge in [0.15, 0.2) is 5.82 Å². The fraction of sp³-hybridized carbons (Fsp3) is 0.333. The van der Waals surface area contributed by atoms with Gasteiger partial charge in [0.2, 0.25) is 0 Å². The van der Waals surface area contributed by atoms with Gasteiger partial charge in [0, 0.05) is 12.6 Å². The number of hydrogen-bond acceptors (Lipinski definition) is 6. The highest BCUT2D eigenvalue weighted by Crippen LogP contribution is 2.26. The van der Waals surface area contributed by atoms with Crippen molar-refractivity contribution >= 4 is 28.6 Å². The monoisotopic (exact) mass is 265 g/mol. The van der Waals surface area contributed by atoms with Crippen LogP contribution in [0.25, 0.3) is 11.0 Å². The van der Waals surface area contributed by atoms with Crippen molar-refractivity contribution in [2.45, 2.75) is 5.03 Å². The number of nitrogens with zero attached hydrogens (tertiary/aromatic N) is 2. The second-order valence-electron chi connectivity index (χ2n) is 3.59. The van der Waals surface area contributed by atoms with Gasteiger partial charge in [0.25, 0.3) is 0 Å². The standard InChI is InChI=1S/C12H15N3O2S/c1-17-8-3-4-9-10(7-8)15-12(18-2)11(14-9)13-5-6-16/h3-4,7,16H,5-6H2,1-2H3,(H,13,14). The van der Waals surface area contributed by atoms with Crippen molar-refractivity contribution in [3.05, 3.63) is 18.2 Å². The third-order valence-electron chi connectivity index (χ3n) is 2.44. The van der Waals surface area contributed by atoms with Crippen LogP contribution >= 0.6 is 11.8 Å². The second-order valence-corrected chi connectivity index (χ2v) is 4.38. The molecule has 0 unspecified atom stereocenters. The Balaban J connectivity index is 2.46. The first-order chi connectivity index (χ1) is 8.78. The van der Waals surface area contributed by atoms with Gasteiger partial charge in [-0.1, -0.05) is 0 Å². The first-order valence-electron chi connectivity index (χ1n) is 5.53. The average molecular weight is 265 g/mol. The van der Waals surface area contributed by atoms with Gasteiger partial charge in [-0.3, -0.25) is 0 Å². The van der Waals surface area contributed by atoms with E-state index in [9.17, 15) is 0 Å². The molecule has 0 saturated heterocycles. The number of benzene rings is 1. The fourth-order valence-corrected chi connectivity index (χ4v) is 2.08. The van der Waals surface area contributed by atoms with Gasteiger partial charge in [-0.05, 0) is 18.4 Å². The molecule has 0 amide bonds. The van der Waals surface area contributed by atoms with Crippen LogP contribution in [0.15, 0.2) is 23.2 Å². The maximum Gasteiger partial charge on any atom is 0.159 e. The number of fused-ring (bicyclic) bond motifs is 1. The highest BCUT2D eigenvalue weighted by Gasteiger charge is 2.08. The Hall–Kier alpha value is -1.53. The lowest BCUT2D eigenvalue weighted by molar-refractivity contribution is 0.311. The number of rotatable bonds is 5. The molecule has 0 aliphatic carbocycles. The number of methoxy groups -OCH3 is 1. The number of aliphatic hydroxyl groups is 1. The van der Waals surface area contributed by atoms with E-state index >= 15 is 0 Å². The van der Waals surface area contributed by atoms with E-state index in [1.807, 2.05) is 24.5 Å². The van der Waals surface area contributed by atoms with E-state index in [1.165, 1.54) is 11.8 Å². The maximum absolute atomic E-state index is 8.84. The SMILES string of the molecule is COc1ccc2nc(NCCO)c(SC)nc2c1. The Morgan fingerprint density at radius 3 is 2.83 bits per heavy atom. The fourth-order valence-electron chi connectivity index (χ4n) is 1.58. The minimum Gasteiger partial charge on any atom is -0.497 e. The Morgan fingerprint density at radius 1 is 1.33 bits per heavy atom. The van der Waals surface area contributed by atoms with Crippen LogP contribution in [0.1, 0.15) is 0 Å². The van der Waals surface area contributed by atoms with Gasteiger partial charge in [-0.2, -0.15) is 0 Å². The van der Waals surface area contributed by atoms with E-state index < -0.39 is 0 Å². The predicted molar refractivity (Wildman–Crippen MR) is 73.4 cm³/mol. The summed E-state index contributed by atoms with van der Waals surface area (Å²) < 4.78 is 5.17. The molecule has 2 N–H and O–H groups in total. The van der Waals surface area contributed by atoms with E-state index in [0.29, 0.717) is 12.4 Å². The van der Waals surface area contributed by atoms with Gasteiger partial charge in [0.05, 0.1) is 24.8 Å². The van der Waals surface area contributed by atoms with Gasteiger partial charge in [-0.15, -0.1) is 11.8 Å². The number of thioether (sulfide) groups is 1. The maximum atomic E-state index is 8.84. The lowest BCUT2D eigenvalue weighted by Gasteiger charge is -2.09.